The van der Waals surface area contributed by atoms with E-state index in [1.165, 1.54) is 0 Å². The van der Waals surface area contributed by atoms with E-state index in [1.54, 1.807) is 24.6 Å². The maximum atomic E-state index is 11.9. The summed E-state index contributed by atoms with van der Waals surface area (Å²) in [5, 5.41) is 0.979. The topological polar surface area (TPSA) is 48.3 Å². The first-order chi connectivity index (χ1) is 8.56. The molecule has 0 aliphatic rings. The average molecular weight is 245 g/mol. The van der Waals surface area contributed by atoms with Crippen LogP contribution >= 0.6 is 0 Å². The number of nitrogens with zero attached hydrogens (tertiary/aromatic N) is 1. The molecule has 0 radical (unpaired) electrons. The molecule has 94 valence electrons. The molecular formula is C14H15NO3. The van der Waals surface area contributed by atoms with Gasteiger partial charge in [-0.2, -0.15) is 0 Å². The molecule has 0 saturated carbocycles. The fraction of sp³-hybridized carbons (Fsp3) is 0.286. The second kappa shape index (κ2) is 4.64. The molecule has 0 saturated heterocycles. The second-order valence-corrected chi connectivity index (χ2v) is 4.15. The molecule has 0 N–H and O–H groups in total. The molecule has 0 fully saturated rings. The van der Waals surface area contributed by atoms with Crippen molar-refractivity contribution in [2.45, 2.75) is 13.8 Å². The first kappa shape index (κ1) is 12.4. The van der Waals surface area contributed by atoms with Crippen LogP contribution < -0.4 is 0 Å². The number of esters is 1. The second-order valence-electron chi connectivity index (χ2n) is 4.15. The lowest BCUT2D eigenvalue weighted by Gasteiger charge is -2.03. The Bertz CT molecular complexity index is 625. The quantitative estimate of drug-likeness (QED) is 0.473. The predicted octanol–water partition coefficient (Wildman–Crippen LogP) is 2.23. The Kier molecular flexibility index (Phi) is 3.19. The Hall–Kier alpha value is -2.10. The number of aryl methyl sites for hydroxylation is 2. The first-order valence-electron chi connectivity index (χ1n) is 5.82. The number of rotatable bonds is 3. The third kappa shape index (κ3) is 1.90. The third-order valence-corrected chi connectivity index (χ3v) is 3.00. The lowest BCUT2D eigenvalue weighted by Crippen LogP contribution is -2.19. The van der Waals surface area contributed by atoms with Crippen molar-refractivity contribution in [2.75, 3.05) is 6.61 Å². The number of carbonyl (C=O) groups excluding carboxylic acids is 2. The monoisotopic (exact) mass is 245 g/mol. The molecule has 1 heterocycles. The number of hydrogen-bond acceptors (Lipinski definition) is 3. The van der Waals surface area contributed by atoms with Crippen LogP contribution in [0.2, 0.25) is 0 Å². The van der Waals surface area contributed by atoms with Gasteiger partial charge in [-0.25, -0.2) is 4.79 Å². The lowest BCUT2D eigenvalue weighted by atomic mass is 10.1. The van der Waals surface area contributed by atoms with Crippen LogP contribution in [0, 0.1) is 6.92 Å². The number of hydrogen-bond donors (Lipinski definition) is 0. The highest BCUT2D eigenvalue weighted by atomic mass is 16.5. The fourth-order valence-electron chi connectivity index (χ4n) is 2.03. The van der Waals surface area contributed by atoms with Crippen molar-refractivity contribution in [3.8, 4) is 0 Å². The van der Waals surface area contributed by atoms with Crippen LogP contribution in [0.25, 0.3) is 10.9 Å². The number of ketones is 1. The molecule has 0 aliphatic heterocycles. The van der Waals surface area contributed by atoms with Crippen LogP contribution in [-0.4, -0.2) is 22.9 Å². The predicted molar refractivity (Wildman–Crippen MR) is 68.6 cm³/mol. The zero-order valence-corrected chi connectivity index (χ0v) is 10.7. The molecule has 1 aromatic heterocycles. The molecule has 2 aromatic rings. The summed E-state index contributed by atoms with van der Waals surface area (Å²) in [6.07, 6.45) is 0. The number of aromatic nitrogens is 1. The third-order valence-electron chi connectivity index (χ3n) is 3.00. The van der Waals surface area contributed by atoms with Crippen LogP contribution in [-0.2, 0) is 16.6 Å². The normalized spacial score (nSPS) is 10.6. The minimum atomic E-state index is -0.805. The van der Waals surface area contributed by atoms with Crippen molar-refractivity contribution in [1.29, 1.82) is 0 Å². The van der Waals surface area contributed by atoms with Crippen molar-refractivity contribution >= 4 is 22.7 Å². The lowest BCUT2D eigenvalue weighted by molar-refractivity contribution is -0.137. The summed E-state index contributed by atoms with van der Waals surface area (Å²) in [6.45, 7) is 3.85. The summed E-state index contributed by atoms with van der Waals surface area (Å²) >= 11 is 0. The Morgan fingerprint density at radius 3 is 2.67 bits per heavy atom. The van der Waals surface area contributed by atoms with E-state index < -0.39 is 11.8 Å². The fourth-order valence-corrected chi connectivity index (χ4v) is 2.03. The highest BCUT2D eigenvalue weighted by Gasteiger charge is 2.22. The van der Waals surface area contributed by atoms with Gasteiger partial charge < -0.3 is 9.30 Å². The van der Waals surface area contributed by atoms with Crippen molar-refractivity contribution in [3.05, 3.63) is 35.5 Å². The van der Waals surface area contributed by atoms with E-state index >= 15 is 0 Å². The summed E-state index contributed by atoms with van der Waals surface area (Å²) in [6, 6.07) is 7.56. The first-order valence-corrected chi connectivity index (χ1v) is 5.82. The minimum Gasteiger partial charge on any atom is -0.460 e. The maximum absolute atomic E-state index is 11.9. The summed E-state index contributed by atoms with van der Waals surface area (Å²) in [5.74, 6) is -1.41. The van der Waals surface area contributed by atoms with E-state index in [0.29, 0.717) is 5.69 Å². The molecule has 2 rings (SSSR count). The van der Waals surface area contributed by atoms with Gasteiger partial charge in [-0.1, -0.05) is 12.1 Å². The van der Waals surface area contributed by atoms with Crippen molar-refractivity contribution in [2.24, 2.45) is 7.05 Å². The molecule has 4 nitrogen and oxygen atoms in total. The number of ether oxygens (including phenoxy) is 1. The zero-order chi connectivity index (χ0) is 13.3. The van der Waals surface area contributed by atoms with Gasteiger partial charge in [0.2, 0.25) is 0 Å². The van der Waals surface area contributed by atoms with E-state index in [0.717, 1.165) is 16.5 Å². The van der Waals surface area contributed by atoms with Gasteiger partial charge in [0, 0.05) is 18.0 Å². The zero-order valence-electron chi connectivity index (χ0n) is 10.7. The number of fused-ring (bicyclic) bond motifs is 1. The SMILES string of the molecule is CCOC(=O)C(=O)c1cc2c(C)cccc2n1C. The van der Waals surface area contributed by atoms with E-state index in [-0.39, 0.29) is 6.61 Å². The summed E-state index contributed by atoms with van der Waals surface area (Å²) < 4.78 is 6.46. The summed E-state index contributed by atoms with van der Waals surface area (Å²) in [7, 11) is 1.77. The van der Waals surface area contributed by atoms with Gasteiger partial charge in [-0.3, -0.25) is 4.79 Å². The van der Waals surface area contributed by atoms with Gasteiger partial charge >= 0.3 is 5.97 Å². The van der Waals surface area contributed by atoms with Crippen molar-refractivity contribution in [1.82, 2.24) is 4.57 Å². The van der Waals surface area contributed by atoms with Crippen molar-refractivity contribution in [3.63, 3.8) is 0 Å². The van der Waals surface area contributed by atoms with Gasteiger partial charge in [-0.05, 0) is 31.5 Å². The smallest absolute Gasteiger partial charge is 0.381 e. The van der Waals surface area contributed by atoms with Crippen LogP contribution in [0.1, 0.15) is 23.0 Å². The maximum Gasteiger partial charge on any atom is 0.381 e. The Morgan fingerprint density at radius 1 is 1.33 bits per heavy atom. The van der Waals surface area contributed by atoms with Gasteiger partial charge in [0.25, 0.3) is 5.78 Å². The Labute approximate surface area is 105 Å². The molecule has 0 spiro atoms. The van der Waals surface area contributed by atoms with Gasteiger partial charge in [-0.15, -0.1) is 0 Å². The molecule has 18 heavy (non-hydrogen) atoms. The average Bonchev–Trinajstić information content (AvgIpc) is 2.68. The number of carbonyl (C=O) groups is 2. The number of benzene rings is 1. The van der Waals surface area contributed by atoms with Crippen molar-refractivity contribution < 1.29 is 14.3 Å². The molecule has 0 bridgehead atoms. The molecule has 0 unspecified atom stereocenters. The Morgan fingerprint density at radius 2 is 2.06 bits per heavy atom. The summed E-state index contributed by atoms with van der Waals surface area (Å²) in [5.41, 5.74) is 2.37. The van der Waals surface area contributed by atoms with Gasteiger partial charge in [0.1, 0.15) is 0 Å². The molecule has 4 heteroatoms. The van der Waals surface area contributed by atoms with E-state index in [2.05, 4.69) is 0 Å². The highest BCUT2D eigenvalue weighted by molar-refractivity contribution is 6.40. The molecular weight excluding hydrogens is 230 g/mol. The standard InChI is InChI=1S/C14H15NO3/c1-4-18-14(17)13(16)12-8-10-9(2)6-5-7-11(10)15(12)3/h5-8H,4H2,1-3H3. The molecule has 0 aliphatic carbocycles. The Balaban J connectivity index is 2.52. The van der Waals surface area contributed by atoms with Crippen LogP contribution in [0.5, 0.6) is 0 Å². The largest absolute Gasteiger partial charge is 0.460 e. The molecule has 0 amide bonds. The van der Waals surface area contributed by atoms with Crippen LogP contribution in [0.4, 0.5) is 0 Å². The van der Waals surface area contributed by atoms with Gasteiger partial charge in [0.15, 0.2) is 0 Å². The molecule has 1 aromatic carbocycles. The van der Waals surface area contributed by atoms with E-state index in [9.17, 15) is 9.59 Å². The van der Waals surface area contributed by atoms with Gasteiger partial charge in [0.05, 0.1) is 12.3 Å². The van der Waals surface area contributed by atoms with Crippen LogP contribution in [0.15, 0.2) is 24.3 Å². The van der Waals surface area contributed by atoms with Crippen LogP contribution in [0.3, 0.4) is 0 Å². The number of Topliss-reactive ketones (excluding diaryl/α,β-unsaturated/α-hetero) is 1. The van der Waals surface area contributed by atoms with E-state index in [1.807, 2.05) is 25.1 Å². The van der Waals surface area contributed by atoms with E-state index in [4.69, 9.17) is 4.74 Å². The minimum absolute atomic E-state index is 0.202. The molecule has 0 atom stereocenters. The highest BCUT2D eigenvalue weighted by Crippen LogP contribution is 2.22. The summed E-state index contributed by atoms with van der Waals surface area (Å²) in [4.78, 5) is 23.4.